The van der Waals surface area contributed by atoms with Crippen molar-refractivity contribution < 1.29 is 4.39 Å². The average molecular weight is 361 g/mol. The van der Waals surface area contributed by atoms with Gasteiger partial charge in [0.25, 0.3) is 5.56 Å². The van der Waals surface area contributed by atoms with Gasteiger partial charge in [-0.15, -0.1) is 5.10 Å². The third-order valence-electron chi connectivity index (χ3n) is 3.52. The van der Waals surface area contributed by atoms with Gasteiger partial charge in [0, 0.05) is 5.69 Å². The van der Waals surface area contributed by atoms with Crippen LogP contribution in [0.3, 0.4) is 0 Å². The highest BCUT2D eigenvalue weighted by Crippen LogP contribution is 2.25. The predicted octanol–water partition coefficient (Wildman–Crippen LogP) is 4.15. The molecule has 2 heterocycles. The Labute approximate surface area is 144 Å². The van der Waals surface area contributed by atoms with E-state index in [-0.39, 0.29) is 10.6 Å². The summed E-state index contributed by atoms with van der Waals surface area (Å²) in [6, 6.07) is 9.79. The predicted molar refractivity (Wildman–Crippen MR) is 94.1 cm³/mol. The molecular weight excluding hydrogens is 351 g/mol. The van der Waals surface area contributed by atoms with Crippen molar-refractivity contribution >= 4 is 49.6 Å². The molecule has 1 N–H and O–H groups in total. The summed E-state index contributed by atoms with van der Waals surface area (Å²) in [6.45, 7) is 1.92. The summed E-state index contributed by atoms with van der Waals surface area (Å²) in [7, 11) is 0. The van der Waals surface area contributed by atoms with Crippen LogP contribution in [0.4, 0.5) is 15.2 Å². The van der Waals surface area contributed by atoms with Crippen LogP contribution < -0.4 is 10.9 Å². The fourth-order valence-electron chi connectivity index (χ4n) is 2.37. The maximum Gasteiger partial charge on any atom is 0.283 e. The van der Waals surface area contributed by atoms with E-state index in [1.54, 1.807) is 12.1 Å². The van der Waals surface area contributed by atoms with E-state index >= 15 is 0 Å². The highest BCUT2D eigenvalue weighted by molar-refractivity contribution is 7.20. The molecule has 120 valence electrons. The van der Waals surface area contributed by atoms with Gasteiger partial charge in [0.1, 0.15) is 5.82 Å². The summed E-state index contributed by atoms with van der Waals surface area (Å²) in [5, 5.41) is 8.26. The molecule has 0 spiro atoms. The number of aromatic nitrogens is 3. The van der Waals surface area contributed by atoms with Crippen molar-refractivity contribution in [3.63, 3.8) is 0 Å². The molecule has 0 atom stereocenters. The number of hydrogen-bond acceptors (Lipinski definition) is 5. The van der Waals surface area contributed by atoms with Gasteiger partial charge in [-0.05, 0) is 37.3 Å². The van der Waals surface area contributed by atoms with Gasteiger partial charge in [-0.25, -0.2) is 9.37 Å². The fourth-order valence-corrected chi connectivity index (χ4v) is 3.37. The molecule has 2 aromatic heterocycles. The van der Waals surface area contributed by atoms with Crippen LogP contribution in [0, 0.1) is 12.7 Å². The van der Waals surface area contributed by atoms with Gasteiger partial charge in [-0.2, -0.15) is 4.52 Å². The molecule has 0 radical (unpaired) electrons. The van der Waals surface area contributed by atoms with E-state index in [4.69, 9.17) is 11.6 Å². The van der Waals surface area contributed by atoms with Crippen molar-refractivity contribution in [1.82, 2.24) is 14.6 Å². The molecule has 0 amide bonds. The summed E-state index contributed by atoms with van der Waals surface area (Å²) in [5.74, 6) is -0.494. The average Bonchev–Trinajstić information content (AvgIpc) is 2.95. The van der Waals surface area contributed by atoms with Crippen LogP contribution in [0.25, 0.3) is 15.9 Å². The van der Waals surface area contributed by atoms with Crippen LogP contribution in [0.5, 0.6) is 0 Å². The van der Waals surface area contributed by atoms with Crippen LogP contribution in [0.15, 0.2) is 41.2 Å². The third-order valence-corrected chi connectivity index (χ3v) is 4.64. The second kappa shape index (κ2) is 5.54. The van der Waals surface area contributed by atoms with Crippen LogP contribution in [0.2, 0.25) is 5.02 Å². The lowest BCUT2D eigenvalue weighted by molar-refractivity contribution is 0.628. The van der Waals surface area contributed by atoms with E-state index in [0.29, 0.717) is 26.7 Å². The lowest BCUT2D eigenvalue weighted by Gasteiger charge is -2.02. The summed E-state index contributed by atoms with van der Waals surface area (Å²) >= 11 is 7.00. The Morgan fingerprint density at radius 1 is 1.25 bits per heavy atom. The Balaban J connectivity index is 1.83. The standard InChI is InChI=1S/C16H10ClFN4OS/c1-8-2-5-13-10(6-8)14(23)22-16(20-13)24-15(21-22)19-9-3-4-12(18)11(17)7-9/h2-7H,1H3,(H,19,21). The molecule has 0 saturated heterocycles. The zero-order valence-corrected chi connectivity index (χ0v) is 14.0. The molecule has 0 aliphatic rings. The topological polar surface area (TPSA) is 59.3 Å². The van der Waals surface area contributed by atoms with Gasteiger partial charge >= 0.3 is 0 Å². The van der Waals surface area contributed by atoms with Gasteiger partial charge in [-0.1, -0.05) is 34.6 Å². The molecule has 0 bridgehead atoms. The van der Waals surface area contributed by atoms with E-state index in [1.807, 2.05) is 19.1 Å². The van der Waals surface area contributed by atoms with Crippen molar-refractivity contribution in [3.8, 4) is 0 Å². The summed E-state index contributed by atoms with van der Waals surface area (Å²) in [4.78, 5) is 17.5. The minimum Gasteiger partial charge on any atom is -0.330 e. The number of nitrogens with one attached hydrogen (secondary N) is 1. The van der Waals surface area contributed by atoms with Crippen molar-refractivity contribution in [2.75, 3.05) is 5.32 Å². The molecule has 4 aromatic rings. The normalized spacial score (nSPS) is 11.3. The monoisotopic (exact) mass is 360 g/mol. The summed E-state index contributed by atoms with van der Waals surface area (Å²) in [6.07, 6.45) is 0. The fraction of sp³-hybridized carbons (Fsp3) is 0.0625. The quantitative estimate of drug-likeness (QED) is 0.583. The number of halogens is 2. The smallest absolute Gasteiger partial charge is 0.283 e. The molecule has 0 aliphatic carbocycles. The number of fused-ring (bicyclic) bond motifs is 2. The lowest BCUT2D eigenvalue weighted by atomic mass is 10.2. The maximum atomic E-state index is 13.2. The molecule has 2 aromatic carbocycles. The molecule has 4 rings (SSSR count). The van der Waals surface area contributed by atoms with E-state index in [2.05, 4.69) is 15.4 Å². The minimum atomic E-state index is -0.494. The summed E-state index contributed by atoms with van der Waals surface area (Å²) in [5.41, 5.74) is 1.97. The molecule has 5 nitrogen and oxygen atoms in total. The number of benzene rings is 2. The molecule has 0 saturated carbocycles. The first-order valence-electron chi connectivity index (χ1n) is 7.03. The van der Waals surface area contributed by atoms with Crippen LogP contribution in [-0.4, -0.2) is 14.6 Å². The first kappa shape index (κ1) is 15.0. The Kier molecular flexibility index (Phi) is 3.47. The molecule has 0 aliphatic heterocycles. The lowest BCUT2D eigenvalue weighted by Crippen LogP contribution is -2.15. The van der Waals surface area contributed by atoms with Crippen LogP contribution in [-0.2, 0) is 0 Å². The molecule has 0 fully saturated rings. The first-order chi connectivity index (χ1) is 11.5. The maximum absolute atomic E-state index is 13.2. The Morgan fingerprint density at radius 2 is 2.08 bits per heavy atom. The van der Waals surface area contributed by atoms with E-state index in [0.717, 1.165) is 5.56 Å². The molecular formula is C16H10ClFN4OS. The number of aryl methyl sites for hydroxylation is 1. The third kappa shape index (κ3) is 2.51. The largest absolute Gasteiger partial charge is 0.330 e. The zero-order chi connectivity index (χ0) is 16.8. The van der Waals surface area contributed by atoms with Crippen LogP contribution >= 0.6 is 22.9 Å². The summed E-state index contributed by atoms with van der Waals surface area (Å²) < 4.78 is 14.5. The number of hydrogen-bond donors (Lipinski definition) is 1. The van der Waals surface area contributed by atoms with Gasteiger partial charge in [-0.3, -0.25) is 4.79 Å². The van der Waals surface area contributed by atoms with Crippen molar-refractivity contribution in [1.29, 1.82) is 0 Å². The molecule has 24 heavy (non-hydrogen) atoms. The number of nitrogens with zero attached hydrogens (tertiary/aromatic N) is 3. The second-order valence-corrected chi connectivity index (χ2v) is 6.66. The highest BCUT2D eigenvalue weighted by Gasteiger charge is 2.11. The van der Waals surface area contributed by atoms with Gasteiger partial charge in [0.15, 0.2) is 0 Å². The zero-order valence-electron chi connectivity index (χ0n) is 12.4. The first-order valence-corrected chi connectivity index (χ1v) is 8.23. The van der Waals surface area contributed by atoms with Crippen molar-refractivity contribution in [2.45, 2.75) is 6.92 Å². The highest BCUT2D eigenvalue weighted by atomic mass is 35.5. The Hall–Kier alpha value is -2.51. The van der Waals surface area contributed by atoms with E-state index in [9.17, 15) is 9.18 Å². The van der Waals surface area contributed by atoms with Gasteiger partial charge < -0.3 is 5.32 Å². The number of rotatable bonds is 2. The van der Waals surface area contributed by atoms with Gasteiger partial charge in [0.05, 0.1) is 15.9 Å². The Bertz CT molecular complexity index is 1150. The Morgan fingerprint density at radius 3 is 2.88 bits per heavy atom. The van der Waals surface area contributed by atoms with Crippen molar-refractivity contribution in [3.05, 3.63) is 63.2 Å². The second-order valence-electron chi connectivity index (χ2n) is 5.29. The van der Waals surface area contributed by atoms with Crippen LogP contribution in [0.1, 0.15) is 5.56 Å². The SMILES string of the molecule is Cc1ccc2nc3sc(Nc4ccc(F)c(Cl)c4)nn3c(=O)c2c1. The molecule has 0 unspecified atom stereocenters. The van der Waals surface area contributed by atoms with E-state index < -0.39 is 5.82 Å². The minimum absolute atomic E-state index is 0.0117. The van der Waals surface area contributed by atoms with E-state index in [1.165, 1.54) is 28.0 Å². The molecule has 8 heteroatoms. The number of anilines is 2. The van der Waals surface area contributed by atoms with Gasteiger partial charge in [0.2, 0.25) is 10.1 Å². The van der Waals surface area contributed by atoms with Crippen molar-refractivity contribution in [2.24, 2.45) is 0 Å².